The van der Waals surface area contributed by atoms with Gasteiger partial charge in [0.1, 0.15) is 29.4 Å². The minimum absolute atomic E-state index is 0.108. The van der Waals surface area contributed by atoms with Crippen molar-refractivity contribution in [2.24, 2.45) is 0 Å². The normalized spacial score (nSPS) is 10.5. The quantitative estimate of drug-likeness (QED) is 0.280. The van der Waals surface area contributed by atoms with E-state index in [2.05, 4.69) is 4.98 Å². The lowest BCUT2D eigenvalue weighted by Gasteiger charge is -2.19. The first-order valence-corrected chi connectivity index (χ1v) is 11.4. The van der Waals surface area contributed by atoms with Crippen molar-refractivity contribution in [2.45, 2.75) is 6.61 Å². The van der Waals surface area contributed by atoms with Gasteiger partial charge in [-0.25, -0.2) is 4.79 Å². The summed E-state index contributed by atoms with van der Waals surface area (Å²) in [6.07, 6.45) is 1.59. The number of rotatable bonds is 9. The first-order valence-electron chi connectivity index (χ1n) is 11.0. The van der Waals surface area contributed by atoms with Crippen LogP contribution in [0.5, 0.6) is 11.5 Å². The number of nitrogens with zero attached hydrogens (tertiary/aromatic N) is 2. The van der Waals surface area contributed by atoms with Gasteiger partial charge in [0.05, 0.1) is 19.0 Å². The number of halogens is 1. The van der Waals surface area contributed by atoms with E-state index in [4.69, 9.17) is 21.1 Å². The van der Waals surface area contributed by atoms with Crippen molar-refractivity contribution in [3.63, 3.8) is 0 Å². The standard InChI is InChI=1S/C28H23ClN2O5/c1-31(21-9-7-20(29)8-10-21)22-11-12-25(30-16-22)27(32)19-6-13-26(24(15-19)28(33)34)36-17-18-4-3-5-23(14-18)35-2/h3-16H,17H2,1-2H3,(H,33,34). The number of hydrogen-bond donors (Lipinski definition) is 1. The van der Waals surface area contributed by atoms with E-state index in [-0.39, 0.29) is 29.2 Å². The van der Waals surface area contributed by atoms with Crippen molar-refractivity contribution in [3.8, 4) is 11.5 Å². The van der Waals surface area contributed by atoms with Crippen LogP contribution in [0.3, 0.4) is 0 Å². The van der Waals surface area contributed by atoms with Crippen molar-refractivity contribution in [2.75, 3.05) is 19.1 Å². The van der Waals surface area contributed by atoms with Gasteiger partial charge in [-0.3, -0.25) is 9.78 Å². The number of pyridine rings is 1. The van der Waals surface area contributed by atoms with Crippen molar-refractivity contribution >= 4 is 34.7 Å². The van der Waals surface area contributed by atoms with Gasteiger partial charge in [0.15, 0.2) is 0 Å². The van der Waals surface area contributed by atoms with E-state index >= 15 is 0 Å². The van der Waals surface area contributed by atoms with Gasteiger partial charge in [0.25, 0.3) is 0 Å². The van der Waals surface area contributed by atoms with Gasteiger partial charge < -0.3 is 19.5 Å². The van der Waals surface area contributed by atoms with Gasteiger partial charge in [-0.1, -0.05) is 23.7 Å². The number of methoxy groups -OCH3 is 1. The number of ether oxygens (including phenoxy) is 2. The number of anilines is 2. The fourth-order valence-electron chi connectivity index (χ4n) is 3.57. The smallest absolute Gasteiger partial charge is 0.339 e. The van der Waals surface area contributed by atoms with Gasteiger partial charge in [-0.15, -0.1) is 0 Å². The molecule has 0 saturated carbocycles. The summed E-state index contributed by atoms with van der Waals surface area (Å²) in [7, 11) is 3.45. The first kappa shape index (κ1) is 24.8. The molecule has 36 heavy (non-hydrogen) atoms. The molecule has 0 bridgehead atoms. The van der Waals surface area contributed by atoms with Crippen molar-refractivity contribution in [3.05, 3.63) is 112 Å². The second-order valence-corrected chi connectivity index (χ2v) is 8.36. The lowest BCUT2D eigenvalue weighted by molar-refractivity contribution is 0.0691. The van der Waals surface area contributed by atoms with E-state index in [1.54, 1.807) is 43.6 Å². The summed E-state index contributed by atoms with van der Waals surface area (Å²) < 4.78 is 10.9. The van der Waals surface area contributed by atoms with E-state index in [9.17, 15) is 14.7 Å². The summed E-state index contributed by atoms with van der Waals surface area (Å²) in [5.41, 5.74) is 2.80. The molecule has 4 aromatic rings. The molecule has 0 unspecified atom stereocenters. The van der Waals surface area contributed by atoms with Crippen molar-refractivity contribution in [1.29, 1.82) is 0 Å². The van der Waals surface area contributed by atoms with E-state index in [1.807, 2.05) is 42.3 Å². The molecule has 0 fully saturated rings. The van der Waals surface area contributed by atoms with Crippen LogP contribution in [0, 0.1) is 0 Å². The molecule has 3 aromatic carbocycles. The maximum Gasteiger partial charge on any atom is 0.339 e. The number of ketones is 1. The third-order valence-electron chi connectivity index (χ3n) is 5.58. The average molecular weight is 503 g/mol. The zero-order valence-corrected chi connectivity index (χ0v) is 20.4. The Labute approximate surface area is 213 Å². The number of aromatic carboxylic acids is 1. The number of carbonyl (C=O) groups is 2. The second-order valence-electron chi connectivity index (χ2n) is 7.92. The van der Waals surface area contributed by atoms with Gasteiger partial charge in [0, 0.05) is 23.3 Å². The Morgan fingerprint density at radius 1 is 0.972 bits per heavy atom. The summed E-state index contributed by atoms with van der Waals surface area (Å²) in [6, 6.07) is 22.3. The molecule has 1 aromatic heterocycles. The van der Waals surface area contributed by atoms with E-state index in [0.717, 1.165) is 16.9 Å². The van der Waals surface area contributed by atoms with Crippen LogP contribution in [0.25, 0.3) is 0 Å². The molecule has 7 nitrogen and oxygen atoms in total. The van der Waals surface area contributed by atoms with Crippen LogP contribution in [0.2, 0.25) is 5.02 Å². The monoisotopic (exact) mass is 502 g/mol. The highest BCUT2D eigenvalue weighted by molar-refractivity contribution is 6.30. The third kappa shape index (κ3) is 5.64. The molecular weight excluding hydrogens is 480 g/mol. The van der Waals surface area contributed by atoms with Crippen molar-refractivity contribution in [1.82, 2.24) is 4.98 Å². The summed E-state index contributed by atoms with van der Waals surface area (Å²) in [5.74, 6) is -0.751. The predicted molar refractivity (Wildman–Crippen MR) is 138 cm³/mol. The highest BCUT2D eigenvalue weighted by Crippen LogP contribution is 2.26. The van der Waals surface area contributed by atoms with Gasteiger partial charge in [-0.2, -0.15) is 0 Å². The second kappa shape index (κ2) is 10.9. The largest absolute Gasteiger partial charge is 0.497 e. The van der Waals surface area contributed by atoms with Crippen LogP contribution < -0.4 is 14.4 Å². The summed E-state index contributed by atoms with van der Waals surface area (Å²) >= 11 is 5.96. The number of carbonyl (C=O) groups excluding carboxylic acids is 1. The first-order chi connectivity index (χ1) is 17.4. The molecule has 0 amide bonds. The molecule has 0 radical (unpaired) electrons. The topological polar surface area (TPSA) is 89.0 Å². The fraction of sp³-hybridized carbons (Fsp3) is 0.107. The molecule has 0 aliphatic heterocycles. The van der Waals surface area contributed by atoms with Gasteiger partial charge in [0.2, 0.25) is 5.78 Å². The lowest BCUT2D eigenvalue weighted by Crippen LogP contribution is -2.11. The SMILES string of the molecule is COc1cccc(COc2ccc(C(=O)c3ccc(N(C)c4ccc(Cl)cc4)cn3)cc2C(=O)O)c1. The molecular formula is C28H23ClN2O5. The van der Waals surface area contributed by atoms with Crippen LogP contribution in [-0.4, -0.2) is 36.0 Å². The molecule has 0 saturated heterocycles. The summed E-state index contributed by atoms with van der Waals surface area (Å²) in [4.78, 5) is 31.1. The van der Waals surface area contributed by atoms with Crippen molar-refractivity contribution < 1.29 is 24.2 Å². The molecule has 0 atom stereocenters. The maximum atomic E-state index is 13.0. The van der Waals surface area contributed by atoms with E-state index in [0.29, 0.717) is 10.8 Å². The Balaban J connectivity index is 1.51. The minimum Gasteiger partial charge on any atom is -0.497 e. The Morgan fingerprint density at radius 3 is 2.39 bits per heavy atom. The number of hydrogen-bond acceptors (Lipinski definition) is 6. The molecule has 0 aliphatic rings. The maximum absolute atomic E-state index is 13.0. The van der Waals surface area contributed by atoms with Crippen LogP contribution in [-0.2, 0) is 6.61 Å². The Morgan fingerprint density at radius 2 is 1.72 bits per heavy atom. The fourth-order valence-corrected chi connectivity index (χ4v) is 3.69. The minimum atomic E-state index is -1.20. The molecule has 1 N–H and O–H groups in total. The molecule has 1 heterocycles. The molecule has 182 valence electrons. The Hall–Kier alpha value is -4.36. The molecule has 4 rings (SSSR count). The van der Waals surface area contributed by atoms with Crippen LogP contribution >= 0.6 is 11.6 Å². The van der Waals surface area contributed by atoms with E-state index in [1.165, 1.54) is 18.2 Å². The summed E-state index contributed by atoms with van der Waals surface area (Å²) in [5, 5.41) is 10.3. The van der Waals surface area contributed by atoms with E-state index < -0.39 is 11.8 Å². The zero-order valence-electron chi connectivity index (χ0n) is 19.6. The summed E-state index contributed by atoms with van der Waals surface area (Å²) in [6.45, 7) is 0.148. The lowest BCUT2D eigenvalue weighted by atomic mass is 10.0. The molecule has 0 aliphatic carbocycles. The van der Waals surface area contributed by atoms with Crippen LogP contribution in [0.15, 0.2) is 85.1 Å². The Kier molecular flexibility index (Phi) is 7.51. The third-order valence-corrected chi connectivity index (χ3v) is 5.83. The molecule has 0 spiro atoms. The van der Waals surface area contributed by atoms with Crippen LogP contribution in [0.4, 0.5) is 11.4 Å². The van der Waals surface area contributed by atoms with Crippen LogP contribution in [0.1, 0.15) is 32.0 Å². The number of aromatic nitrogens is 1. The number of carboxylic acid groups (broad SMARTS) is 1. The number of benzene rings is 3. The van der Waals surface area contributed by atoms with Gasteiger partial charge >= 0.3 is 5.97 Å². The molecule has 8 heteroatoms. The highest BCUT2D eigenvalue weighted by atomic mass is 35.5. The Bertz CT molecular complexity index is 1390. The number of carboxylic acids is 1. The predicted octanol–water partition coefficient (Wildman–Crippen LogP) is 6.02. The average Bonchev–Trinajstić information content (AvgIpc) is 2.91. The highest BCUT2D eigenvalue weighted by Gasteiger charge is 2.18. The van der Waals surface area contributed by atoms with Gasteiger partial charge in [-0.05, 0) is 72.3 Å². The zero-order chi connectivity index (χ0) is 25.7.